The van der Waals surface area contributed by atoms with Gasteiger partial charge in [0.15, 0.2) is 5.79 Å². The second kappa shape index (κ2) is 11.6. The van der Waals surface area contributed by atoms with Crippen LogP contribution in [0.3, 0.4) is 0 Å². The Bertz CT molecular complexity index is 1140. The maximum Gasteiger partial charge on any atom is 0.316 e. The van der Waals surface area contributed by atoms with Crippen LogP contribution in [0.5, 0.6) is 0 Å². The molecule has 2 bridgehead atoms. The van der Waals surface area contributed by atoms with E-state index in [0.717, 1.165) is 32.1 Å². The van der Waals surface area contributed by atoms with Crippen LogP contribution in [0.1, 0.15) is 79.6 Å². The SMILES string of the molecule is CC[C@@H]1O[C@]2(CC[C@@H]1C)C[C@H]1C[C@@H](C/C=C(\C)C[C@H](C)/C=C/C=C3\CO[C@@H]4/C(=N/O)C(C)=C[C@H](C(=O)O1)[C@]34O)O2. The van der Waals surface area contributed by atoms with Crippen molar-refractivity contribution in [2.45, 2.75) is 115 Å². The predicted molar refractivity (Wildman–Crippen MR) is 151 cm³/mol. The number of allylic oxidation sites excluding steroid dienone is 4. The number of rotatable bonds is 1. The molecular weight excluding hydrogens is 510 g/mol. The molecule has 8 nitrogen and oxygen atoms in total. The molecule has 8 heteroatoms. The molecule has 9 atom stereocenters. The van der Waals surface area contributed by atoms with E-state index < -0.39 is 35.5 Å². The Kier molecular flexibility index (Phi) is 8.44. The zero-order valence-electron chi connectivity index (χ0n) is 24.5. The normalized spacial score (nSPS) is 47.0. The number of hydrogen-bond donors (Lipinski definition) is 2. The van der Waals surface area contributed by atoms with E-state index in [1.807, 2.05) is 12.2 Å². The first kappa shape index (κ1) is 29.2. The van der Waals surface area contributed by atoms with E-state index in [2.05, 4.69) is 45.0 Å². The number of aliphatic hydroxyl groups is 1. The van der Waals surface area contributed by atoms with E-state index in [4.69, 9.17) is 18.9 Å². The number of fused-ring (bicyclic) bond motifs is 2. The van der Waals surface area contributed by atoms with Crippen LogP contribution < -0.4 is 0 Å². The zero-order valence-corrected chi connectivity index (χ0v) is 24.5. The lowest BCUT2D eigenvalue weighted by molar-refractivity contribution is -0.335. The summed E-state index contributed by atoms with van der Waals surface area (Å²) < 4.78 is 25.5. The molecule has 3 fully saturated rings. The number of ether oxygens (including phenoxy) is 4. The quantitative estimate of drug-likeness (QED) is 0.193. The van der Waals surface area contributed by atoms with Crippen LogP contribution in [0.2, 0.25) is 0 Å². The van der Waals surface area contributed by atoms with Crippen molar-refractivity contribution in [2.75, 3.05) is 6.61 Å². The molecule has 40 heavy (non-hydrogen) atoms. The predicted octanol–water partition coefficient (Wildman–Crippen LogP) is 5.39. The Labute approximate surface area is 237 Å². The van der Waals surface area contributed by atoms with Crippen molar-refractivity contribution in [2.24, 2.45) is 22.9 Å². The summed E-state index contributed by atoms with van der Waals surface area (Å²) in [6, 6.07) is 0. The Morgan fingerprint density at radius 1 is 1.18 bits per heavy atom. The lowest BCUT2D eigenvalue weighted by Crippen LogP contribution is -2.57. The summed E-state index contributed by atoms with van der Waals surface area (Å²) in [6.07, 6.45) is 13.6. The molecule has 4 aliphatic heterocycles. The Balaban J connectivity index is 1.53. The van der Waals surface area contributed by atoms with Crippen molar-refractivity contribution in [3.05, 3.63) is 47.1 Å². The molecule has 5 rings (SSSR count). The molecule has 0 amide bonds. The molecule has 0 aromatic carbocycles. The molecular formula is C32H45NO7. The molecule has 2 N–H and O–H groups in total. The lowest BCUT2D eigenvalue weighted by Gasteiger charge is -2.49. The third-order valence-electron chi connectivity index (χ3n) is 9.45. The van der Waals surface area contributed by atoms with Crippen LogP contribution in [0.4, 0.5) is 0 Å². The van der Waals surface area contributed by atoms with Crippen LogP contribution in [-0.4, -0.2) is 64.4 Å². The minimum Gasteiger partial charge on any atom is -0.462 e. The van der Waals surface area contributed by atoms with Gasteiger partial charge in [-0.25, -0.2) is 0 Å². The second-order valence-corrected chi connectivity index (χ2v) is 12.6. The minimum absolute atomic E-state index is 0.0940. The fraction of sp³-hybridized carbons (Fsp3) is 0.688. The maximum absolute atomic E-state index is 13.9. The third kappa shape index (κ3) is 5.48. The van der Waals surface area contributed by atoms with Crippen LogP contribution in [0.15, 0.2) is 52.3 Å². The van der Waals surface area contributed by atoms with Gasteiger partial charge in [0, 0.05) is 19.3 Å². The number of carbonyl (C=O) groups excluding carboxylic acids is 1. The average Bonchev–Trinajstić information content (AvgIpc) is 3.24. The summed E-state index contributed by atoms with van der Waals surface area (Å²) in [5.41, 5.74) is 0.922. The van der Waals surface area contributed by atoms with Gasteiger partial charge < -0.3 is 29.3 Å². The Hall–Kier alpha value is -2.26. The molecule has 0 saturated carbocycles. The van der Waals surface area contributed by atoms with E-state index >= 15 is 0 Å². The van der Waals surface area contributed by atoms with Crippen molar-refractivity contribution >= 4 is 11.7 Å². The van der Waals surface area contributed by atoms with Gasteiger partial charge in [-0.3, -0.25) is 4.79 Å². The Morgan fingerprint density at radius 3 is 2.73 bits per heavy atom. The van der Waals surface area contributed by atoms with E-state index in [1.165, 1.54) is 5.57 Å². The van der Waals surface area contributed by atoms with Crippen LogP contribution in [0, 0.1) is 17.8 Å². The highest BCUT2D eigenvalue weighted by Crippen LogP contribution is 2.46. The highest BCUT2D eigenvalue weighted by atomic mass is 16.7. The van der Waals surface area contributed by atoms with Crippen molar-refractivity contribution < 1.29 is 34.1 Å². The highest BCUT2D eigenvalue weighted by Gasteiger charge is 2.59. The highest BCUT2D eigenvalue weighted by molar-refractivity contribution is 6.06. The zero-order chi connectivity index (χ0) is 28.7. The summed E-state index contributed by atoms with van der Waals surface area (Å²) in [5, 5.41) is 25.3. The summed E-state index contributed by atoms with van der Waals surface area (Å²) in [5.74, 6) is -1.60. The fourth-order valence-corrected chi connectivity index (χ4v) is 7.22. The maximum atomic E-state index is 13.9. The Morgan fingerprint density at radius 2 is 1.98 bits per heavy atom. The molecule has 0 aromatic rings. The van der Waals surface area contributed by atoms with E-state index in [0.29, 0.717) is 29.9 Å². The number of oxime groups is 1. The lowest BCUT2D eigenvalue weighted by atomic mass is 9.71. The molecule has 220 valence electrons. The number of nitrogens with zero attached hydrogens (tertiary/aromatic N) is 1. The standard InChI is InChI=1S/C32H45NO7/c1-6-27-21(4)12-13-31(40-27)17-25-16-24(39-31)11-10-20(3)14-19(2)8-7-9-23-18-37-29-28(33-36)22(5)15-26(30(34)38-25)32(23,29)35/h7-10,15,19,21,24-27,29,35-36H,6,11-14,16-18H2,1-5H3/b8-7+,20-10+,23-9+,33-28+/t19-,21+,24-,25-,26-,27+,29-,31-,32-/m1/s1. The molecule has 1 spiro atoms. The van der Waals surface area contributed by atoms with Crippen LogP contribution in [0.25, 0.3) is 0 Å². The van der Waals surface area contributed by atoms with Gasteiger partial charge in [-0.15, -0.1) is 0 Å². The van der Waals surface area contributed by atoms with Gasteiger partial charge in [-0.1, -0.05) is 61.9 Å². The molecule has 3 saturated heterocycles. The van der Waals surface area contributed by atoms with E-state index in [1.54, 1.807) is 13.0 Å². The second-order valence-electron chi connectivity index (χ2n) is 12.6. The van der Waals surface area contributed by atoms with Gasteiger partial charge in [-0.2, -0.15) is 0 Å². The van der Waals surface area contributed by atoms with Gasteiger partial charge in [0.05, 0.1) is 18.8 Å². The topological polar surface area (TPSA) is 107 Å². The summed E-state index contributed by atoms with van der Waals surface area (Å²) in [4.78, 5) is 13.9. The van der Waals surface area contributed by atoms with E-state index in [-0.39, 0.29) is 30.4 Å². The van der Waals surface area contributed by atoms with Crippen molar-refractivity contribution in [3.63, 3.8) is 0 Å². The molecule has 1 aliphatic carbocycles. The van der Waals surface area contributed by atoms with Gasteiger partial charge in [0.1, 0.15) is 29.4 Å². The molecule has 0 unspecified atom stereocenters. The first-order valence-electron chi connectivity index (χ1n) is 14.9. The van der Waals surface area contributed by atoms with Crippen molar-refractivity contribution in [3.8, 4) is 0 Å². The van der Waals surface area contributed by atoms with E-state index in [9.17, 15) is 15.1 Å². The monoisotopic (exact) mass is 555 g/mol. The number of hydrogen-bond acceptors (Lipinski definition) is 8. The first-order chi connectivity index (χ1) is 19.1. The largest absolute Gasteiger partial charge is 0.462 e. The average molecular weight is 556 g/mol. The molecule has 0 radical (unpaired) electrons. The van der Waals surface area contributed by atoms with Crippen molar-refractivity contribution in [1.29, 1.82) is 0 Å². The van der Waals surface area contributed by atoms with Gasteiger partial charge in [0.2, 0.25) is 0 Å². The minimum atomic E-state index is -1.72. The fourth-order valence-electron chi connectivity index (χ4n) is 7.22. The van der Waals surface area contributed by atoms with Gasteiger partial charge >= 0.3 is 5.97 Å². The number of esters is 1. The first-order valence-corrected chi connectivity index (χ1v) is 14.9. The molecule has 5 aliphatic rings. The number of carbonyl (C=O) groups is 1. The van der Waals surface area contributed by atoms with Crippen molar-refractivity contribution in [1.82, 2.24) is 0 Å². The summed E-state index contributed by atoms with van der Waals surface area (Å²) >= 11 is 0. The molecule has 4 heterocycles. The van der Waals surface area contributed by atoms with Gasteiger partial charge in [-0.05, 0) is 62.5 Å². The summed E-state index contributed by atoms with van der Waals surface area (Å²) in [7, 11) is 0. The van der Waals surface area contributed by atoms with Crippen LogP contribution in [-0.2, 0) is 23.7 Å². The van der Waals surface area contributed by atoms with Gasteiger partial charge in [0.25, 0.3) is 0 Å². The summed E-state index contributed by atoms with van der Waals surface area (Å²) in [6.45, 7) is 10.5. The smallest absolute Gasteiger partial charge is 0.316 e. The molecule has 0 aromatic heterocycles. The third-order valence-corrected chi connectivity index (χ3v) is 9.45. The van der Waals surface area contributed by atoms with Crippen LogP contribution >= 0.6 is 0 Å².